The molecule has 150 valence electrons. The summed E-state index contributed by atoms with van der Waals surface area (Å²) in [5.74, 6) is 0.550. The lowest BCUT2D eigenvalue weighted by Gasteiger charge is -2.39. The third kappa shape index (κ3) is 3.18. The van der Waals surface area contributed by atoms with Crippen molar-refractivity contribution in [3.8, 4) is 0 Å². The third-order valence-corrected chi connectivity index (χ3v) is 5.96. The molecule has 2 atom stereocenters. The number of carbonyl (C=O) groups excluding carboxylic acids is 1. The first-order valence-electron chi connectivity index (χ1n) is 9.94. The molecule has 0 saturated carbocycles. The number of nitrogens with zero attached hydrogens (tertiary/aromatic N) is 4. The van der Waals surface area contributed by atoms with Crippen LogP contribution in [0.2, 0.25) is 0 Å². The van der Waals surface area contributed by atoms with E-state index < -0.39 is 0 Å². The Balaban J connectivity index is 1.32. The summed E-state index contributed by atoms with van der Waals surface area (Å²) in [7, 11) is 0. The Kier molecular flexibility index (Phi) is 4.54. The summed E-state index contributed by atoms with van der Waals surface area (Å²) in [6.45, 7) is 1.43. The third-order valence-electron chi connectivity index (χ3n) is 5.96. The zero-order valence-electron chi connectivity index (χ0n) is 15.9. The molecule has 2 aliphatic rings. The highest BCUT2D eigenvalue weighted by molar-refractivity contribution is 5.87. The number of halogens is 1. The monoisotopic (exact) mass is 395 g/mol. The van der Waals surface area contributed by atoms with Gasteiger partial charge in [-0.05, 0) is 31.4 Å². The smallest absolute Gasteiger partial charge is 0.410 e. The number of aromatic amines is 1. The first kappa shape index (κ1) is 17.9. The number of fused-ring (bicyclic) bond motifs is 2. The molecule has 1 amide bonds. The molecule has 3 aromatic rings. The first-order valence-corrected chi connectivity index (χ1v) is 9.94. The van der Waals surface area contributed by atoms with Gasteiger partial charge in [0, 0.05) is 24.8 Å². The quantitative estimate of drug-likeness (QED) is 0.735. The summed E-state index contributed by atoms with van der Waals surface area (Å²) in [5, 5.41) is 0.993. The van der Waals surface area contributed by atoms with E-state index in [-0.39, 0.29) is 30.6 Å². The molecule has 0 unspecified atom stereocenters. The van der Waals surface area contributed by atoms with E-state index in [1.165, 1.54) is 6.07 Å². The van der Waals surface area contributed by atoms with Crippen molar-refractivity contribution in [3.05, 3.63) is 54.2 Å². The topological polar surface area (TPSA) is 74.3 Å². The SMILES string of the molecule is O=C(OCc1ccccc1F)N1CCC[C@@H]2[C@H]1CCN2c1ncnc2[nH]ccc12. The Morgan fingerprint density at radius 1 is 1.17 bits per heavy atom. The van der Waals surface area contributed by atoms with Crippen molar-refractivity contribution >= 4 is 22.9 Å². The van der Waals surface area contributed by atoms with E-state index >= 15 is 0 Å². The molecule has 1 N–H and O–H groups in total. The maximum Gasteiger partial charge on any atom is 0.410 e. The summed E-state index contributed by atoms with van der Waals surface area (Å²) in [6, 6.07) is 8.62. The summed E-state index contributed by atoms with van der Waals surface area (Å²) in [6.07, 6.45) is 5.81. The van der Waals surface area contributed by atoms with Crippen LogP contribution in [-0.2, 0) is 11.3 Å². The van der Waals surface area contributed by atoms with Gasteiger partial charge in [0.25, 0.3) is 0 Å². The van der Waals surface area contributed by atoms with Gasteiger partial charge in [0.2, 0.25) is 0 Å². The summed E-state index contributed by atoms with van der Waals surface area (Å²) < 4.78 is 19.3. The lowest BCUT2D eigenvalue weighted by molar-refractivity contribution is 0.0666. The molecule has 0 spiro atoms. The zero-order valence-corrected chi connectivity index (χ0v) is 15.9. The number of piperidine rings is 1. The van der Waals surface area contributed by atoms with Crippen LogP contribution >= 0.6 is 0 Å². The zero-order chi connectivity index (χ0) is 19.8. The highest BCUT2D eigenvalue weighted by atomic mass is 19.1. The lowest BCUT2D eigenvalue weighted by atomic mass is 9.97. The van der Waals surface area contributed by atoms with Crippen LogP contribution in [-0.4, -0.2) is 51.1 Å². The molecule has 0 aliphatic carbocycles. The molecule has 29 heavy (non-hydrogen) atoms. The molecule has 8 heteroatoms. The molecular weight excluding hydrogens is 373 g/mol. The Morgan fingerprint density at radius 2 is 2.07 bits per heavy atom. The molecule has 7 nitrogen and oxygen atoms in total. The maximum absolute atomic E-state index is 13.8. The van der Waals surface area contributed by atoms with Gasteiger partial charge in [-0.2, -0.15) is 0 Å². The van der Waals surface area contributed by atoms with Crippen molar-refractivity contribution in [3.63, 3.8) is 0 Å². The number of hydrogen-bond donors (Lipinski definition) is 1. The van der Waals surface area contributed by atoms with E-state index in [9.17, 15) is 9.18 Å². The second-order valence-corrected chi connectivity index (χ2v) is 7.54. The van der Waals surface area contributed by atoms with Gasteiger partial charge in [-0.25, -0.2) is 19.2 Å². The predicted molar refractivity (Wildman–Crippen MR) is 106 cm³/mol. The molecule has 4 heterocycles. The van der Waals surface area contributed by atoms with Crippen molar-refractivity contribution in [2.45, 2.75) is 38.0 Å². The van der Waals surface area contributed by atoms with Crippen LogP contribution in [0.5, 0.6) is 0 Å². The second-order valence-electron chi connectivity index (χ2n) is 7.54. The lowest BCUT2D eigenvalue weighted by Crippen LogP contribution is -2.52. The normalized spacial score (nSPS) is 21.4. The van der Waals surface area contributed by atoms with Gasteiger partial charge in [-0.1, -0.05) is 18.2 Å². The fraction of sp³-hybridized carbons (Fsp3) is 0.381. The minimum absolute atomic E-state index is 0.0566. The summed E-state index contributed by atoms with van der Waals surface area (Å²) >= 11 is 0. The summed E-state index contributed by atoms with van der Waals surface area (Å²) in [4.78, 5) is 28.8. The molecule has 1 aromatic carbocycles. The number of hydrogen-bond acceptors (Lipinski definition) is 5. The average Bonchev–Trinajstić information content (AvgIpc) is 3.39. The Bertz CT molecular complexity index is 1040. The van der Waals surface area contributed by atoms with Crippen molar-refractivity contribution in [1.82, 2.24) is 19.9 Å². The number of benzene rings is 1. The number of H-pyrrole nitrogens is 1. The van der Waals surface area contributed by atoms with Gasteiger partial charge >= 0.3 is 6.09 Å². The number of nitrogens with one attached hydrogen (secondary N) is 1. The number of rotatable bonds is 3. The van der Waals surface area contributed by atoms with Crippen LogP contribution in [0, 0.1) is 5.82 Å². The molecule has 0 radical (unpaired) electrons. The van der Waals surface area contributed by atoms with Gasteiger partial charge in [0.05, 0.1) is 17.5 Å². The van der Waals surface area contributed by atoms with Gasteiger partial charge in [0.1, 0.15) is 30.2 Å². The molecule has 2 fully saturated rings. The van der Waals surface area contributed by atoms with Gasteiger partial charge in [-0.15, -0.1) is 0 Å². The molecule has 2 aromatic heterocycles. The second kappa shape index (κ2) is 7.35. The Labute approximate surface area is 167 Å². The predicted octanol–water partition coefficient (Wildman–Crippen LogP) is 3.48. The van der Waals surface area contributed by atoms with E-state index in [2.05, 4.69) is 19.9 Å². The minimum atomic E-state index is -0.376. The highest BCUT2D eigenvalue weighted by Crippen LogP contribution is 2.36. The van der Waals surface area contributed by atoms with Crippen molar-refractivity contribution in [1.29, 1.82) is 0 Å². The number of aromatic nitrogens is 3. The van der Waals surface area contributed by atoms with Crippen LogP contribution in [0.1, 0.15) is 24.8 Å². The fourth-order valence-electron chi connectivity index (χ4n) is 4.60. The molecule has 2 aliphatic heterocycles. The van der Waals surface area contributed by atoms with Crippen LogP contribution < -0.4 is 4.90 Å². The van der Waals surface area contributed by atoms with E-state index in [4.69, 9.17) is 4.74 Å². The summed E-state index contributed by atoms with van der Waals surface area (Å²) in [5.41, 5.74) is 1.20. The van der Waals surface area contributed by atoms with E-state index in [1.807, 2.05) is 17.2 Å². The number of likely N-dealkylation sites (tertiary alicyclic amines) is 1. The standard InChI is InChI=1S/C21H22FN5O2/c22-16-5-2-1-4-14(16)12-29-21(28)27-10-3-6-17-18(27)8-11-26(17)20-15-7-9-23-19(15)24-13-25-20/h1-2,4-5,7,9,13,17-18H,3,6,8,10-12H2,(H,23,24,25)/t17-,18-/m1/s1. The van der Waals surface area contributed by atoms with Gasteiger partial charge in [0.15, 0.2) is 0 Å². The first-order chi connectivity index (χ1) is 14.2. The van der Waals surface area contributed by atoms with E-state index in [0.717, 1.165) is 42.7 Å². The van der Waals surface area contributed by atoms with Gasteiger partial charge in [-0.3, -0.25) is 0 Å². The van der Waals surface area contributed by atoms with Crippen molar-refractivity contribution in [2.75, 3.05) is 18.0 Å². The number of ether oxygens (including phenoxy) is 1. The largest absolute Gasteiger partial charge is 0.444 e. The van der Waals surface area contributed by atoms with Crippen LogP contribution in [0.25, 0.3) is 11.0 Å². The minimum Gasteiger partial charge on any atom is -0.444 e. The molecule has 5 rings (SSSR count). The van der Waals surface area contributed by atoms with Crippen molar-refractivity contribution in [2.24, 2.45) is 0 Å². The number of amides is 1. The van der Waals surface area contributed by atoms with Crippen molar-refractivity contribution < 1.29 is 13.9 Å². The highest BCUT2D eigenvalue weighted by Gasteiger charge is 2.43. The molecule has 2 saturated heterocycles. The Morgan fingerprint density at radius 3 is 2.97 bits per heavy atom. The van der Waals surface area contributed by atoms with Crippen LogP contribution in [0.15, 0.2) is 42.9 Å². The molecular formula is C21H22FN5O2. The number of carbonyl (C=O) groups is 1. The van der Waals surface area contributed by atoms with E-state index in [1.54, 1.807) is 24.5 Å². The van der Waals surface area contributed by atoms with E-state index in [0.29, 0.717) is 12.1 Å². The van der Waals surface area contributed by atoms with Gasteiger partial charge < -0.3 is 19.5 Å². The van der Waals surface area contributed by atoms with Crippen LogP contribution in [0.3, 0.4) is 0 Å². The van der Waals surface area contributed by atoms with Crippen LogP contribution in [0.4, 0.5) is 15.0 Å². The fourth-order valence-corrected chi connectivity index (χ4v) is 4.60. The average molecular weight is 395 g/mol. The Hall–Kier alpha value is -3.16. The number of anilines is 1. The molecule has 0 bridgehead atoms. The maximum atomic E-state index is 13.8.